The molecule has 130 valence electrons. The van der Waals surface area contributed by atoms with Crippen LogP contribution < -0.4 is 0 Å². The lowest BCUT2D eigenvalue weighted by Gasteiger charge is -2.12. The Bertz CT molecular complexity index is 1010. The molecule has 1 aromatic carbocycles. The third-order valence-electron chi connectivity index (χ3n) is 3.84. The molecule has 3 aromatic heterocycles. The van der Waals surface area contributed by atoms with Crippen LogP contribution >= 0.6 is 11.3 Å². The predicted molar refractivity (Wildman–Crippen MR) is 97.4 cm³/mol. The Morgan fingerprint density at radius 3 is 2.85 bits per heavy atom. The molecule has 4 aromatic rings. The number of H-pyrrole nitrogens is 1. The van der Waals surface area contributed by atoms with Crippen molar-refractivity contribution in [2.45, 2.75) is 6.54 Å². The third kappa shape index (κ3) is 3.27. The molecule has 1 N–H and O–H groups in total. The van der Waals surface area contributed by atoms with Gasteiger partial charge in [0, 0.05) is 23.6 Å². The molecule has 0 bridgehead atoms. The van der Waals surface area contributed by atoms with Crippen LogP contribution in [-0.2, 0) is 6.54 Å². The molecule has 8 heteroatoms. The van der Waals surface area contributed by atoms with Crippen molar-refractivity contribution in [3.05, 3.63) is 64.8 Å². The first-order chi connectivity index (χ1) is 12.7. The number of nitrogens with zero attached hydrogens (tertiary/aromatic N) is 4. The summed E-state index contributed by atoms with van der Waals surface area (Å²) >= 11 is 1.58. The van der Waals surface area contributed by atoms with Gasteiger partial charge in [-0.05, 0) is 17.5 Å². The summed E-state index contributed by atoms with van der Waals surface area (Å²) in [6, 6.07) is 13.2. The topological polar surface area (TPSA) is 87.9 Å². The van der Waals surface area contributed by atoms with Crippen molar-refractivity contribution in [2.75, 3.05) is 7.05 Å². The summed E-state index contributed by atoms with van der Waals surface area (Å²) in [5.74, 6) is 0.679. The number of rotatable bonds is 5. The van der Waals surface area contributed by atoms with E-state index in [4.69, 9.17) is 4.52 Å². The first-order valence-electron chi connectivity index (χ1n) is 7.92. The lowest BCUT2D eigenvalue weighted by molar-refractivity contribution is 0.0763. The predicted octanol–water partition coefficient (Wildman–Crippen LogP) is 3.46. The highest BCUT2D eigenvalue weighted by molar-refractivity contribution is 7.08. The van der Waals surface area contributed by atoms with Crippen LogP contribution in [0.5, 0.6) is 0 Å². The average Bonchev–Trinajstić information content (AvgIpc) is 3.42. The lowest BCUT2D eigenvalue weighted by Crippen LogP contribution is -2.26. The van der Waals surface area contributed by atoms with Gasteiger partial charge in [-0.2, -0.15) is 21.4 Å². The van der Waals surface area contributed by atoms with E-state index in [1.165, 1.54) is 4.90 Å². The van der Waals surface area contributed by atoms with Crippen LogP contribution in [-0.4, -0.2) is 38.2 Å². The van der Waals surface area contributed by atoms with Gasteiger partial charge in [-0.3, -0.25) is 9.89 Å². The van der Waals surface area contributed by atoms with Gasteiger partial charge < -0.3 is 9.42 Å². The molecule has 0 saturated carbocycles. The van der Waals surface area contributed by atoms with Gasteiger partial charge in [0.2, 0.25) is 11.7 Å². The van der Waals surface area contributed by atoms with E-state index in [1.807, 2.05) is 47.2 Å². The van der Waals surface area contributed by atoms with Gasteiger partial charge in [-0.25, -0.2) is 0 Å². The van der Waals surface area contributed by atoms with Crippen molar-refractivity contribution in [1.82, 2.24) is 25.2 Å². The van der Waals surface area contributed by atoms with Crippen molar-refractivity contribution in [1.29, 1.82) is 0 Å². The van der Waals surface area contributed by atoms with Crippen LogP contribution in [0, 0.1) is 0 Å². The smallest absolute Gasteiger partial charge is 0.272 e. The van der Waals surface area contributed by atoms with E-state index in [-0.39, 0.29) is 12.5 Å². The molecule has 3 heterocycles. The SMILES string of the molecule is CN(Cc1nc(-c2ccccc2)no1)C(=O)c1cc(-c2ccsc2)n[nH]1. The van der Waals surface area contributed by atoms with Gasteiger partial charge in [-0.1, -0.05) is 35.5 Å². The van der Waals surface area contributed by atoms with Crippen molar-refractivity contribution in [3.8, 4) is 22.6 Å². The van der Waals surface area contributed by atoms with E-state index in [0.29, 0.717) is 17.4 Å². The number of nitrogens with one attached hydrogen (secondary N) is 1. The molecule has 1 amide bonds. The van der Waals surface area contributed by atoms with Crippen molar-refractivity contribution < 1.29 is 9.32 Å². The van der Waals surface area contributed by atoms with Gasteiger partial charge in [0.1, 0.15) is 12.2 Å². The number of aromatic nitrogens is 4. The summed E-state index contributed by atoms with van der Waals surface area (Å²) in [7, 11) is 1.68. The summed E-state index contributed by atoms with van der Waals surface area (Å²) in [6.07, 6.45) is 0. The fourth-order valence-electron chi connectivity index (χ4n) is 2.49. The Morgan fingerprint density at radius 1 is 1.23 bits per heavy atom. The highest BCUT2D eigenvalue weighted by Crippen LogP contribution is 2.21. The Kier molecular flexibility index (Phi) is 4.32. The van der Waals surface area contributed by atoms with E-state index in [1.54, 1.807) is 24.5 Å². The minimum atomic E-state index is -0.196. The number of benzene rings is 1. The molecule has 7 nitrogen and oxygen atoms in total. The molecule has 0 spiro atoms. The maximum absolute atomic E-state index is 12.6. The van der Waals surface area contributed by atoms with Gasteiger partial charge in [0.15, 0.2) is 0 Å². The van der Waals surface area contributed by atoms with E-state index >= 15 is 0 Å². The minimum Gasteiger partial charge on any atom is -0.337 e. The van der Waals surface area contributed by atoms with E-state index in [2.05, 4.69) is 20.3 Å². The van der Waals surface area contributed by atoms with Crippen molar-refractivity contribution >= 4 is 17.2 Å². The van der Waals surface area contributed by atoms with Gasteiger partial charge in [0.25, 0.3) is 5.91 Å². The third-order valence-corrected chi connectivity index (χ3v) is 4.53. The molecule has 0 saturated heterocycles. The fraction of sp³-hybridized carbons (Fsp3) is 0.111. The number of aromatic amines is 1. The molecule has 0 aliphatic heterocycles. The van der Waals surface area contributed by atoms with Crippen LogP contribution in [0.25, 0.3) is 22.6 Å². The summed E-state index contributed by atoms with van der Waals surface area (Å²) in [5.41, 5.74) is 3.01. The van der Waals surface area contributed by atoms with Gasteiger partial charge in [0.05, 0.1) is 5.69 Å². The van der Waals surface area contributed by atoms with Crippen molar-refractivity contribution in [2.24, 2.45) is 0 Å². The minimum absolute atomic E-state index is 0.196. The Balaban J connectivity index is 1.46. The largest absolute Gasteiger partial charge is 0.337 e. The first-order valence-corrected chi connectivity index (χ1v) is 8.86. The number of carbonyl (C=O) groups is 1. The average molecular weight is 365 g/mol. The second kappa shape index (κ2) is 6.93. The number of hydrogen-bond donors (Lipinski definition) is 1. The zero-order valence-electron chi connectivity index (χ0n) is 13.9. The normalized spacial score (nSPS) is 10.8. The number of thiophene rings is 1. The monoisotopic (exact) mass is 365 g/mol. The van der Waals surface area contributed by atoms with Crippen molar-refractivity contribution in [3.63, 3.8) is 0 Å². The molecule has 0 aliphatic carbocycles. The Morgan fingerprint density at radius 2 is 2.08 bits per heavy atom. The van der Waals surface area contributed by atoms with Crippen LogP contribution in [0.1, 0.15) is 16.4 Å². The zero-order chi connectivity index (χ0) is 17.9. The molecule has 0 fully saturated rings. The number of hydrogen-bond acceptors (Lipinski definition) is 6. The quantitative estimate of drug-likeness (QED) is 0.585. The molecule has 26 heavy (non-hydrogen) atoms. The lowest BCUT2D eigenvalue weighted by atomic mass is 10.2. The van der Waals surface area contributed by atoms with Crippen LogP contribution in [0.15, 0.2) is 57.7 Å². The summed E-state index contributed by atoms with van der Waals surface area (Å²) in [5, 5.41) is 14.9. The molecular formula is C18H15N5O2S. The highest BCUT2D eigenvalue weighted by Gasteiger charge is 2.18. The first kappa shape index (κ1) is 16.2. The molecule has 0 radical (unpaired) electrons. The standard InChI is InChI=1S/C18H15N5O2S/c1-23(10-16-19-17(22-25-16)12-5-3-2-4-6-12)18(24)15-9-14(20-21-15)13-7-8-26-11-13/h2-9,11H,10H2,1H3,(H,20,21). The Hall–Kier alpha value is -3.26. The summed E-state index contributed by atoms with van der Waals surface area (Å²) in [6.45, 7) is 0.214. The maximum atomic E-state index is 12.6. The molecule has 0 aliphatic rings. The number of amides is 1. The molecule has 4 rings (SSSR count). The fourth-order valence-corrected chi connectivity index (χ4v) is 3.14. The van der Waals surface area contributed by atoms with Gasteiger partial charge in [-0.15, -0.1) is 0 Å². The van der Waals surface area contributed by atoms with Crippen LogP contribution in [0.3, 0.4) is 0 Å². The summed E-state index contributed by atoms with van der Waals surface area (Å²) in [4.78, 5) is 18.4. The van der Waals surface area contributed by atoms with E-state index in [0.717, 1.165) is 16.8 Å². The Labute approximate surface area is 153 Å². The van der Waals surface area contributed by atoms with Crippen LogP contribution in [0.2, 0.25) is 0 Å². The summed E-state index contributed by atoms with van der Waals surface area (Å²) < 4.78 is 5.26. The zero-order valence-corrected chi connectivity index (χ0v) is 14.7. The number of carbonyl (C=O) groups excluding carboxylic acids is 1. The molecular weight excluding hydrogens is 350 g/mol. The second-order valence-electron chi connectivity index (χ2n) is 5.72. The second-order valence-corrected chi connectivity index (χ2v) is 6.50. The van der Waals surface area contributed by atoms with E-state index in [9.17, 15) is 4.79 Å². The van der Waals surface area contributed by atoms with Gasteiger partial charge >= 0.3 is 0 Å². The van der Waals surface area contributed by atoms with Crippen LogP contribution in [0.4, 0.5) is 0 Å². The molecule has 0 atom stereocenters. The molecule has 0 unspecified atom stereocenters. The van der Waals surface area contributed by atoms with E-state index < -0.39 is 0 Å². The highest BCUT2D eigenvalue weighted by atomic mass is 32.1. The maximum Gasteiger partial charge on any atom is 0.272 e.